The van der Waals surface area contributed by atoms with Gasteiger partial charge in [-0.05, 0) is 42.3 Å². The van der Waals surface area contributed by atoms with Crippen LogP contribution in [-0.2, 0) is 6.42 Å². The van der Waals surface area contributed by atoms with Gasteiger partial charge in [0, 0.05) is 12.1 Å². The lowest BCUT2D eigenvalue weighted by atomic mass is 10.1. The van der Waals surface area contributed by atoms with Crippen LogP contribution in [-0.4, -0.2) is 17.6 Å². The lowest BCUT2D eigenvalue weighted by Crippen LogP contribution is -2.25. The number of nitrogens with one attached hydrogen (secondary N) is 1. The number of halogens is 1. The number of hydrogen-bond donors (Lipinski definition) is 2. The van der Waals surface area contributed by atoms with Crippen LogP contribution in [0.25, 0.3) is 0 Å². The summed E-state index contributed by atoms with van der Waals surface area (Å²) in [5, 5.41) is 12.3. The first-order valence-corrected chi connectivity index (χ1v) is 5.97. The maximum absolute atomic E-state index is 12.7. The second kappa shape index (κ2) is 6.00. The van der Waals surface area contributed by atoms with Crippen molar-refractivity contribution in [3.63, 3.8) is 0 Å². The lowest BCUT2D eigenvalue weighted by molar-refractivity contribution is 0.0954. The van der Waals surface area contributed by atoms with Gasteiger partial charge in [-0.1, -0.05) is 18.2 Å². The zero-order chi connectivity index (χ0) is 13.7. The predicted molar refractivity (Wildman–Crippen MR) is 70.5 cm³/mol. The molecule has 0 unspecified atom stereocenters. The molecule has 0 saturated heterocycles. The average molecular weight is 259 g/mol. The molecule has 19 heavy (non-hydrogen) atoms. The second-order valence-corrected chi connectivity index (χ2v) is 4.14. The number of aromatic hydroxyl groups is 1. The molecule has 98 valence electrons. The monoisotopic (exact) mass is 259 g/mol. The van der Waals surface area contributed by atoms with Gasteiger partial charge in [0.1, 0.15) is 11.6 Å². The Bertz CT molecular complexity index is 567. The largest absolute Gasteiger partial charge is 0.508 e. The van der Waals surface area contributed by atoms with E-state index in [0.717, 1.165) is 5.56 Å². The number of benzene rings is 2. The molecule has 0 saturated carbocycles. The van der Waals surface area contributed by atoms with Gasteiger partial charge in [0.25, 0.3) is 5.91 Å². The van der Waals surface area contributed by atoms with E-state index in [1.54, 1.807) is 18.2 Å². The SMILES string of the molecule is O=C(NCCc1ccccc1O)c1ccc(F)cc1. The molecule has 2 N–H and O–H groups in total. The number of carbonyl (C=O) groups is 1. The highest BCUT2D eigenvalue weighted by atomic mass is 19.1. The Hall–Kier alpha value is -2.36. The number of hydrogen-bond acceptors (Lipinski definition) is 2. The van der Waals surface area contributed by atoms with E-state index >= 15 is 0 Å². The van der Waals surface area contributed by atoms with E-state index in [1.807, 2.05) is 6.07 Å². The molecule has 0 atom stereocenters. The van der Waals surface area contributed by atoms with Gasteiger partial charge in [0.2, 0.25) is 0 Å². The Kier molecular flexibility index (Phi) is 4.13. The first-order valence-electron chi connectivity index (χ1n) is 5.97. The van der Waals surface area contributed by atoms with E-state index in [-0.39, 0.29) is 17.5 Å². The first kappa shape index (κ1) is 13.1. The minimum atomic E-state index is -0.370. The van der Waals surface area contributed by atoms with E-state index in [0.29, 0.717) is 18.5 Å². The standard InChI is InChI=1S/C15H14FNO2/c16-13-7-5-12(6-8-13)15(19)17-10-9-11-3-1-2-4-14(11)18/h1-8,18H,9-10H2,(H,17,19). The van der Waals surface area contributed by atoms with Crippen molar-refractivity contribution in [3.05, 3.63) is 65.5 Å². The molecular formula is C15H14FNO2. The highest BCUT2D eigenvalue weighted by Crippen LogP contribution is 2.15. The Labute approximate surface area is 110 Å². The van der Waals surface area contributed by atoms with Crippen LogP contribution in [0.3, 0.4) is 0 Å². The molecule has 0 heterocycles. The van der Waals surface area contributed by atoms with E-state index in [4.69, 9.17) is 0 Å². The summed E-state index contributed by atoms with van der Waals surface area (Å²) in [6.45, 7) is 0.410. The number of rotatable bonds is 4. The zero-order valence-electron chi connectivity index (χ0n) is 10.3. The lowest BCUT2D eigenvalue weighted by Gasteiger charge is -2.06. The summed E-state index contributed by atoms with van der Waals surface area (Å²) >= 11 is 0. The molecule has 0 radical (unpaired) electrons. The van der Waals surface area contributed by atoms with Crippen molar-refractivity contribution < 1.29 is 14.3 Å². The summed E-state index contributed by atoms with van der Waals surface area (Å²) in [6.07, 6.45) is 0.541. The highest BCUT2D eigenvalue weighted by molar-refractivity contribution is 5.94. The number of amides is 1. The molecule has 0 fully saturated rings. The molecule has 0 aliphatic heterocycles. The molecule has 2 aromatic carbocycles. The summed E-state index contributed by atoms with van der Waals surface area (Å²) < 4.78 is 12.7. The summed E-state index contributed by atoms with van der Waals surface area (Å²) in [5.41, 5.74) is 1.19. The Morgan fingerprint density at radius 3 is 2.47 bits per heavy atom. The molecule has 4 heteroatoms. The van der Waals surface area contributed by atoms with Crippen LogP contribution in [0.15, 0.2) is 48.5 Å². The van der Waals surface area contributed by atoms with Crippen molar-refractivity contribution in [1.29, 1.82) is 0 Å². The fourth-order valence-electron chi connectivity index (χ4n) is 1.74. The van der Waals surface area contributed by atoms with E-state index in [1.165, 1.54) is 24.3 Å². The third-order valence-corrected chi connectivity index (χ3v) is 2.78. The van der Waals surface area contributed by atoms with Crippen LogP contribution < -0.4 is 5.32 Å². The fourth-order valence-corrected chi connectivity index (χ4v) is 1.74. The molecule has 2 rings (SSSR count). The maximum Gasteiger partial charge on any atom is 0.251 e. The zero-order valence-corrected chi connectivity index (χ0v) is 10.3. The van der Waals surface area contributed by atoms with Gasteiger partial charge in [0.15, 0.2) is 0 Å². The summed E-state index contributed by atoms with van der Waals surface area (Å²) in [7, 11) is 0. The maximum atomic E-state index is 12.7. The number of para-hydroxylation sites is 1. The van der Waals surface area contributed by atoms with Crippen LogP contribution in [0.2, 0.25) is 0 Å². The van der Waals surface area contributed by atoms with Gasteiger partial charge in [-0.3, -0.25) is 4.79 Å². The smallest absolute Gasteiger partial charge is 0.251 e. The van der Waals surface area contributed by atoms with Crippen molar-refractivity contribution in [2.45, 2.75) is 6.42 Å². The fraction of sp³-hybridized carbons (Fsp3) is 0.133. The average Bonchev–Trinajstić information content (AvgIpc) is 2.41. The van der Waals surface area contributed by atoms with E-state index in [9.17, 15) is 14.3 Å². The van der Waals surface area contributed by atoms with Crippen LogP contribution >= 0.6 is 0 Å². The van der Waals surface area contributed by atoms with Gasteiger partial charge in [0.05, 0.1) is 0 Å². The molecule has 0 aliphatic rings. The molecule has 0 aromatic heterocycles. The van der Waals surface area contributed by atoms with Crippen molar-refractivity contribution in [2.75, 3.05) is 6.54 Å². The summed E-state index contributed by atoms with van der Waals surface area (Å²) in [6, 6.07) is 12.4. The molecule has 3 nitrogen and oxygen atoms in total. The van der Waals surface area contributed by atoms with Crippen molar-refractivity contribution >= 4 is 5.91 Å². The van der Waals surface area contributed by atoms with Crippen LogP contribution in [0.4, 0.5) is 4.39 Å². The van der Waals surface area contributed by atoms with Crippen LogP contribution in [0.1, 0.15) is 15.9 Å². The Morgan fingerprint density at radius 1 is 1.11 bits per heavy atom. The number of phenolic OH excluding ortho intramolecular Hbond substituents is 1. The van der Waals surface area contributed by atoms with E-state index in [2.05, 4.69) is 5.32 Å². The molecule has 2 aromatic rings. The van der Waals surface area contributed by atoms with E-state index < -0.39 is 0 Å². The predicted octanol–water partition coefficient (Wildman–Crippen LogP) is 2.50. The quantitative estimate of drug-likeness (QED) is 0.886. The van der Waals surface area contributed by atoms with Gasteiger partial charge in [-0.2, -0.15) is 0 Å². The van der Waals surface area contributed by atoms with Gasteiger partial charge >= 0.3 is 0 Å². The van der Waals surface area contributed by atoms with Crippen molar-refractivity contribution in [1.82, 2.24) is 5.32 Å². The van der Waals surface area contributed by atoms with Crippen molar-refractivity contribution in [3.8, 4) is 5.75 Å². The third kappa shape index (κ3) is 3.55. The molecular weight excluding hydrogens is 245 g/mol. The Balaban J connectivity index is 1.88. The summed E-state index contributed by atoms with van der Waals surface area (Å²) in [5.74, 6) is -0.403. The summed E-state index contributed by atoms with van der Waals surface area (Å²) in [4.78, 5) is 11.7. The van der Waals surface area contributed by atoms with Gasteiger partial charge in [-0.15, -0.1) is 0 Å². The molecule has 0 aliphatic carbocycles. The minimum Gasteiger partial charge on any atom is -0.508 e. The van der Waals surface area contributed by atoms with Gasteiger partial charge < -0.3 is 10.4 Å². The minimum absolute atomic E-state index is 0.221. The molecule has 0 bridgehead atoms. The molecule has 1 amide bonds. The molecule has 0 spiro atoms. The van der Waals surface area contributed by atoms with Gasteiger partial charge in [-0.25, -0.2) is 4.39 Å². The first-order chi connectivity index (χ1) is 9.16. The number of phenols is 1. The third-order valence-electron chi connectivity index (χ3n) is 2.78. The van der Waals surface area contributed by atoms with Crippen molar-refractivity contribution in [2.24, 2.45) is 0 Å². The van der Waals surface area contributed by atoms with Crippen LogP contribution in [0, 0.1) is 5.82 Å². The topological polar surface area (TPSA) is 49.3 Å². The second-order valence-electron chi connectivity index (χ2n) is 4.14. The normalized spacial score (nSPS) is 10.2. The van der Waals surface area contributed by atoms with Crippen LogP contribution in [0.5, 0.6) is 5.75 Å². The highest BCUT2D eigenvalue weighted by Gasteiger charge is 2.05. The Morgan fingerprint density at radius 2 is 1.79 bits per heavy atom. The number of carbonyl (C=O) groups excluding carboxylic acids is 1.